The van der Waals surface area contributed by atoms with Crippen molar-refractivity contribution in [1.82, 2.24) is 0 Å². The van der Waals surface area contributed by atoms with E-state index in [2.05, 4.69) is 13.8 Å². The summed E-state index contributed by atoms with van der Waals surface area (Å²) in [4.78, 5) is 31.2. The SMILES string of the molecule is CCCCC(CC)COC(=O)CC(C(=O)OCC(CC)CCCC)S(=O)(=O)[O-].O=[PH2]O.[Na+]. The second-order valence-electron chi connectivity index (χ2n) is 7.44. The van der Waals surface area contributed by atoms with Gasteiger partial charge in [-0.05, 0) is 24.7 Å². The van der Waals surface area contributed by atoms with Crippen molar-refractivity contribution < 1.29 is 71.0 Å². The Labute approximate surface area is 216 Å². The topological polar surface area (TPSA) is 147 Å². The first-order valence-corrected chi connectivity index (χ1v) is 13.4. The van der Waals surface area contributed by atoms with Gasteiger partial charge in [0.2, 0.25) is 0 Å². The third-order valence-electron chi connectivity index (χ3n) is 4.99. The van der Waals surface area contributed by atoms with Gasteiger partial charge in [0.05, 0.1) is 19.6 Å². The Bertz CT molecular complexity index is 602. The molecule has 0 saturated carbocycles. The van der Waals surface area contributed by atoms with E-state index in [4.69, 9.17) is 18.9 Å². The fraction of sp³-hybridized carbons (Fsp3) is 0.900. The summed E-state index contributed by atoms with van der Waals surface area (Å²) in [5.41, 5.74) is 0. The molecule has 1 N–H and O–H groups in total. The molecule has 186 valence electrons. The van der Waals surface area contributed by atoms with E-state index in [0.717, 1.165) is 51.4 Å². The van der Waals surface area contributed by atoms with Crippen LogP contribution in [0.5, 0.6) is 0 Å². The van der Waals surface area contributed by atoms with Crippen LogP contribution in [-0.2, 0) is 33.7 Å². The van der Waals surface area contributed by atoms with Gasteiger partial charge in [-0.2, -0.15) is 0 Å². The van der Waals surface area contributed by atoms with Gasteiger partial charge in [-0.3, -0.25) is 14.2 Å². The summed E-state index contributed by atoms with van der Waals surface area (Å²) in [6.45, 7) is 8.26. The van der Waals surface area contributed by atoms with Crippen LogP contribution < -0.4 is 29.6 Å². The summed E-state index contributed by atoms with van der Waals surface area (Å²) in [5.74, 6) is -1.74. The molecule has 0 amide bonds. The van der Waals surface area contributed by atoms with E-state index in [9.17, 15) is 22.6 Å². The molecule has 12 heteroatoms. The summed E-state index contributed by atoms with van der Waals surface area (Å²) < 4.78 is 53.1. The van der Waals surface area contributed by atoms with Gasteiger partial charge < -0.3 is 18.9 Å². The van der Waals surface area contributed by atoms with Crippen molar-refractivity contribution in [1.29, 1.82) is 0 Å². The zero-order chi connectivity index (χ0) is 24.3. The Morgan fingerprint density at radius 3 is 1.69 bits per heavy atom. The number of hydrogen-bond acceptors (Lipinski definition) is 8. The number of carbonyl (C=O) groups is 2. The normalized spacial score (nSPS) is 13.9. The molecule has 0 aromatic carbocycles. The van der Waals surface area contributed by atoms with Crippen LogP contribution in [0.1, 0.15) is 85.5 Å². The second kappa shape index (κ2) is 22.8. The summed E-state index contributed by atoms with van der Waals surface area (Å²) in [6, 6.07) is 0. The first-order valence-electron chi connectivity index (χ1n) is 11.0. The molecule has 0 aromatic heterocycles. The van der Waals surface area contributed by atoms with Gasteiger partial charge in [-0.1, -0.05) is 66.2 Å². The van der Waals surface area contributed by atoms with Crippen LogP contribution in [0.2, 0.25) is 0 Å². The minimum atomic E-state index is -5.01. The average molecular weight is 511 g/mol. The molecule has 9 nitrogen and oxygen atoms in total. The molecule has 0 aliphatic heterocycles. The summed E-state index contributed by atoms with van der Waals surface area (Å²) >= 11 is 0. The van der Waals surface area contributed by atoms with Gasteiger partial charge in [0.25, 0.3) is 0 Å². The third-order valence-corrected chi connectivity index (χ3v) is 6.05. The summed E-state index contributed by atoms with van der Waals surface area (Å²) in [6.07, 6.45) is 6.58. The Morgan fingerprint density at radius 2 is 1.34 bits per heavy atom. The van der Waals surface area contributed by atoms with E-state index in [-0.39, 0.29) is 54.6 Å². The van der Waals surface area contributed by atoms with E-state index in [0.29, 0.717) is 0 Å². The van der Waals surface area contributed by atoms with Crippen LogP contribution in [0.3, 0.4) is 0 Å². The molecule has 0 heterocycles. The monoisotopic (exact) mass is 510 g/mol. The average Bonchev–Trinajstić information content (AvgIpc) is 2.71. The standard InChI is InChI=1S/C20H38O7S.Na.H3O2P/c1-5-9-11-16(7-3)14-26-19(21)13-18(28(23,24)25)20(22)27-15-17(8-4)12-10-6-2;;1-3-2/h16-18H,5-15H2,1-4H3,(H,23,24,25);;3H2,(H,1,2)/q;+1;/p-1. The predicted octanol–water partition coefficient (Wildman–Crippen LogP) is 0.464. The van der Waals surface area contributed by atoms with E-state index in [1.165, 1.54) is 0 Å². The molecule has 0 aliphatic carbocycles. The van der Waals surface area contributed by atoms with Crippen molar-refractivity contribution in [3.8, 4) is 0 Å². The molecule has 0 saturated heterocycles. The fourth-order valence-corrected chi connectivity index (χ4v) is 3.46. The summed E-state index contributed by atoms with van der Waals surface area (Å²) in [7, 11) is -6.51. The van der Waals surface area contributed by atoms with Crippen molar-refractivity contribution in [3.05, 3.63) is 0 Å². The number of hydrogen-bond donors (Lipinski definition) is 1. The minimum absolute atomic E-state index is 0. The van der Waals surface area contributed by atoms with Gasteiger partial charge in [0, 0.05) is 0 Å². The molecule has 0 rings (SSSR count). The summed E-state index contributed by atoms with van der Waals surface area (Å²) in [5, 5.41) is -2.06. The van der Waals surface area contributed by atoms with E-state index >= 15 is 0 Å². The predicted molar refractivity (Wildman–Crippen MR) is 119 cm³/mol. The van der Waals surface area contributed by atoms with Crippen molar-refractivity contribution in [2.75, 3.05) is 13.2 Å². The Kier molecular flexibility index (Phi) is 26.1. The van der Waals surface area contributed by atoms with E-state index in [1.807, 2.05) is 13.8 Å². The molecule has 4 atom stereocenters. The maximum Gasteiger partial charge on any atom is 1.00 e. The maximum atomic E-state index is 12.1. The Morgan fingerprint density at radius 1 is 0.938 bits per heavy atom. The molecule has 0 bridgehead atoms. The number of unbranched alkanes of at least 4 members (excludes halogenated alkanes) is 2. The first-order chi connectivity index (χ1) is 14.6. The van der Waals surface area contributed by atoms with Gasteiger partial charge in [-0.15, -0.1) is 0 Å². The Hall–Kier alpha value is 0.0400. The van der Waals surface area contributed by atoms with E-state index < -0.39 is 42.4 Å². The largest absolute Gasteiger partial charge is 1.00 e. The van der Waals surface area contributed by atoms with Gasteiger partial charge in [-0.25, -0.2) is 8.42 Å². The zero-order valence-corrected chi connectivity index (χ0v) is 24.2. The van der Waals surface area contributed by atoms with Gasteiger partial charge in [0.1, 0.15) is 10.1 Å². The first kappa shape index (κ1) is 36.6. The molecular formula is C20H40NaO9PS. The van der Waals surface area contributed by atoms with E-state index in [1.54, 1.807) is 0 Å². The molecule has 0 aromatic rings. The fourth-order valence-electron chi connectivity index (χ4n) is 2.81. The molecule has 4 unspecified atom stereocenters. The molecule has 0 radical (unpaired) electrons. The minimum Gasteiger partial charge on any atom is -0.747 e. The van der Waals surface area contributed by atoms with Crippen LogP contribution >= 0.6 is 8.69 Å². The number of rotatable bonds is 16. The third kappa shape index (κ3) is 19.5. The molecule has 32 heavy (non-hydrogen) atoms. The number of esters is 2. The van der Waals surface area contributed by atoms with Crippen molar-refractivity contribution in [2.45, 2.75) is 90.7 Å². The van der Waals surface area contributed by atoms with Crippen molar-refractivity contribution >= 4 is 30.7 Å². The van der Waals surface area contributed by atoms with Gasteiger partial charge >= 0.3 is 41.5 Å². The van der Waals surface area contributed by atoms with Crippen molar-refractivity contribution in [3.63, 3.8) is 0 Å². The number of carbonyl (C=O) groups excluding carboxylic acids is 2. The maximum absolute atomic E-state index is 12.1. The van der Waals surface area contributed by atoms with Crippen LogP contribution in [0.15, 0.2) is 0 Å². The van der Waals surface area contributed by atoms with Crippen LogP contribution in [0.25, 0.3) is 0 Å². The molecule has 0 aliphatic rings. The van der Waals surface area contributed by atoms with Crippen LogP contribution in [0, 0.1) is 11.8 Å². The smallest absolute Gasteiger partial charge is 0.747 e. The van der Waals surface area contributed by atoms with Gasteiger partial charge in [0.15, 0.2) is 13.9 Å². The van der Waals surface area contributed by atoms with Crippen LogP contribution in [0.4, 0.5) is 0 Å². The zero-order valence-electron chi connectivity index (χ0n) is 20.2. The van der Waals surface area contributed by atoms with Crippen LogP contribution in [-0.4, -0.2) is 48.3 Å². The second-order valence-corrected chi connectivity index (χ2v) is 9.20. The molecule has 0 fully saturated rings. The molecule has 0 spiro atoms. The van der Waals surface area contributed by atoms with Crippen molar-refractivity contribution in [2.24, 2.45) is 11.8 Å². The number of ether oxygens (including phenoxy) is 2. The Balaban J connectivity index is -0.00000198. The molecular weight excluding hydrogens is 470 g/mol. The quantitative estimate of drug-likeness (QED) is 0.135.